The second-order valence-corrected chi connectivity index (χ2v) is 7.30. The average molecular weight is 428 g/mol. The number of thiocarbonyl (C=S) groups is 1. The van der Waals surface area contributed by atoms with E-state index in [1.165, 1.54) is 5.56 Å². The highest BCUT2D eigenvalue weighted by Crippen LogP contribution is 2.14. The monoisotopic (exact) mass is 427 g/mol. The molecule has 158 valence electrons. The van der Waals surface area contributed by atoms with Crippen LogP contribution < -0.4 is 20.9 Å². The second kappa shape index (κ2) is 11.3. The number of nitrogens with one attached hydrogen (secondary N) is 3. The van der Waals surface area contributed by atoms with Crippen LogP contribution in [0.5, 0.6) is 5.75 Å². The highest BCUT2D eigenvalue weighted by atomic mass is 32.1. The van der Waals surface area contributed by atoms with E-state index in [0.717, 1.165) is 6.42 Å². The summed E-state index contributed by atoms with van der Waals surface area (Å²) in [6.07, 6.45) is 2.15. The Bertz CT molecular complexity index is 852. The predicted molar refractivity (Wildman–Crippen MR) is 117 cm³/mol. The number of rotatable bonds is 6. The lowest BCUT2D eigenvalue weighted by Gasteiger charge is -2.21. The number of carbonyl (C=O) groups excluding carboxylic acids is 2. The van der Waals surface area contributed by atoms with Crippen molar-refractivity contribution in [2.45, 2.75) is 19.3 Å². The van der Waals surface area contributed by atoms with E-state index in [-0.39, 0.29) is 22.8 Å². The summed E-state index contributed by atoms with van der Waals surface area (Å²) in [5.74, 6) is 0.0432. The molecule has 1 heterocycles. The first kappa shape index (κ1) is 21.7. The molecule has 2 aromatic rings. The summed E-state index contributed by atoms with van der Waals surface area (Å²) in [7, 11) is 0. The third-order valence-electron chi connectivity index (χ3n) is 4.74. The van der Waals surface area contributed by atoms with Gasteiger partial charge in [-0.05, 0) is 54.9 Å². The van der Waals surface area contributed by atoms with Crippen LogP contribution in [0.4, 0.5) is 0 Å². The summed E-state index contributed by atoms with van der Waals surface area (Å²) in [6.45, 7) is 1.70. The van der Waals surface area contributed by atoms with Crippen LogP contribution in [-0.4, -0.2) is 36.7 Å². The van der Waals surface area contributed by atoms with Gasteiger partial charge in [-0.2, -0.15) is 0 Å². The molecule has 1 fully saturated rings. The van der Waals surface area contributed by atoms with Crippen LogP contribution in [0.15, 0.2) is 54.6 Å². The molecule has 2 aromatic carbocycles. The van der Waals surface area contributed by atoms with Crippen molar-refractivity contribution in [2.24, 2.45) is 5.92 Å². The number of hydrazine groups is 1. The van der Waals surface area contributed by atoms with Crippen LogP contribution in [0.1, 0.15) is 28.8 Å². The number of amides is 2. The SMILES string of the molecule is O=C(NC(=S)NNC(=O)C1CCOCC1)c1ccc(OCCc2ccccc2)cc1. The standard InChI is InChI=1S/C22H25N3O4S/c26-20(23-22(30)25-24-21(27)18-11-13-28-14-12-18)17-6-8-19(9-7-17)29-15-10-16-4-2-1-3-5-16/h1-9,18H,10-15H2,(H,24,27)(H2,23,25,26,30). The molecule has 0 bridgehead atoms. The fraction of sp³-hybridized carbons (Fsp3) is 0.318. The Morgan fingerprint density at radius 1 is 1.00 bits per heavy atom. The molecule has 0 atom stereocenters. The molecule has 8 heteroatoms. The van der Waals surface area contributed by atoms with Crippen molar-refractivity contribution >= 4 is 29.1 Å². The Kier molecular flexibility index (Phi) is 8.17. The summed E-state index contributed by atoms with van der Waals surface area (Å²) >= 11 is 5.07. The van der Waals surface area contributed by atoms with Crippen LogP contribution in [0.2, 0.25) is 0 Å². The van der Waals surface area contributed by atoms with Crippen molar-refractivity contribution in [3.63, 3.8) is 0 Å². The lowest BCUT2D eigenvalue weighted by molar-refractivity contribution is -0.128. The minimum atomic E-state index is -0.372. The van der Waals surface area contributed by atoms with Crippen molar-refractivity contribution < 1.29 is 19.1 Å². The first-order chi connectivity index (χ1) is 14.6. The zero-order valence-electron chi connectivity index (χ0n) is 16.6. The van der Waals surface area contributed by atoms with Crippen LogP contribution in [-0.2, 0) is 16.0 Å². The van der Waals surface area contributed by atoms with Crippen LogP contribution >= 0.6 is 12.2 Å². The van der Waals surface area contributed by atoms with Gasteiger partial charge in [0.05, 0.1) is 6.61 Å². The van der Waals surface area contributed by atoms with E-state index in [1.807, 2.05) is 18.2 Å². The minimum Gasteiger partial charge on any atom is -0.493 e. The van der Waals surface area contributed by atoms with E-state index in [1.54, 1.807) is 24.3 Å². The molecule has 3 N–H and O–H groups in total. The molecule has 0 saturated carbocycles. The van der Waals surface area contributed by atoms with Gasteiger partial charge in [0.2, 0.25) is 5.91 Å². The molecule has 0 unspecified atom stereocenters. The van der Waals surface area contributed by atoms with Crippen LogP contribution in [0, 0.1) is 5.92 Å². The Morgan fingerprint density at radius 2 is 1.70 bits per heavy atom. The third kappa shape index (κ3) is 6.82. The Hall–Kier alpha value is -2.97. The molecule has 0 aromatic heterocycles. The van der Waals surface area contributed by atoms with Gasteiger partial charge in [0.1, 0.15) is 5.75 Å². The number of hydrogen-bond acceptors (Lipinski definition) is 5. The maximum absolute atomic E-state index is 12.3. The molecular formula is C22H25N3O4S. The van der Waals surface area contributed by atoms with Gasteiger partial charge in [0, 0.05) is 31.1 Å². The summed E-state index contributed by atoms with van der Waals surface area (Å²) in [4.78, 5) is 24.4. The normalized spacial score (nSPS) is 13.9. The van der Waals surface area contributed by atoms with Crippen molar-refractivity contribution in [3.05, 3.63) is 65.7 Å². The molecule has 0 spiro atoms. The van der Waals surface area contributed by atoms with E-state index in [2.05, 4.69) is 28.3 Å². The fourth-order valence-corrected chi connectivity index (χ4v) is 3.16. The van der Waals surface area contributed by atoms with E-state index < -0.39 is 0 Å². The highest BCUT2D eigenvalue weighted by molar-refractivity contribution is 7.80. The summed E-state index contributed by atoms with van der Waals surface area (Å²) in [6, 6.07) is 16.9. The largest absolute Gasteiger partial charge is 0.493 e. The van der Waals surface area contributed by atoms with Crippen LogP contribution in [0.3, 0.4) is 0 Å². The summed E-state index contributed by atoms with van der Waals surface area (Å²) < 4.78 is 11.0. The van der Waals surface area contributed by atoms with Gasteiger partial charge in [-0.3, -0.25) is 25.8 Å². The molecule has 0 radical (unpaired) electrons. The molecule has 2 amide bonds. The number of carbonyl (C=O) groups is 2. The molecule has 30 heavy (non-hydrogen) atoms. The Morgan fingerprint density at radius 3 is 2.40 bits per heavy atom. The lowest BCUT2D eigenvalue weighted by Crippen LogP contribution is -2.50. The number of benzene rings is 2. The van der Waals surface area contributed by atoms with E-state index in [0.29, 0.717) is 44.0 Å². The van der Waals surface area contributed by atoms with E-state index >= 15 is 0 Å². The third-order valence-corrected chi connectivity index (χ3v) is 4.94. The molecule has 1 aliphatic rings. The highest BCUT2D eigenvalue weighted by Gasteiger charge is 2.21. The molecular weight excluding hydrogens is 402 g/mol. The van der Waals surface area contributed by atoms with Gasteiger partial charge in [0.15, 0.2) is 5.11 Å². The first-order valence-electron chi connectivity index (χ1n) is 9.87. The van der Waals surface area contributed by atoms with Crippen LogP contribution in [0.25, 0.3) is 0 Å². The molecule has 1 saturated heterocycles. The summed E-state index contributed by atoms with van der Waals surface area (Å²) in [5, 5.41) is 2.57. The van der Waals surface area contributed by atoms with Crippen molar-refractivity contribution in [3.8, 4) is 5.75 Å². The Labute approximate surface area is 181 Å². The number of hydrogen-bond donors (Lipinski definition) is 3. The van der Waals surface area contributed by atoms with Crippen molar-refractivity contribution in [1.29, 1.82) is 0 Å². The topological polar surface area (TPSA) is 88.7 Å². The smallest absolute Gasteiger partial charge is 0.257 e. The van der Waals surface area contributed by atoms with Gasteiger partial charge in [-0.15, -0.1) is 0 Å². The first-order valence-corrected chi connectivity index (χ1v) is 10.3. The molecule has 3 rings (SSSR count). The van der Waals surface area contributed by atoms with Gasteiger partial charge in [-0.25, -0.2) is 0 Å². The fourth-order valence-electron chi connectivity index (χ4n) is 3.02. The predicted octanol–water partition coefficient (Wildman–Crippen LogP) is 2.37. The van der Waals surface area contributed by atoms with E-state index in [4.69, 9.17) is 21.7 Å². The maximum atomic E-state index is 12.3. The van der Waals surface area contributed by atoms with Gasteiger partial charge in [0.25, 0.3) is 5.91 Å². The molecule has 7 nitrogen and oxygen atoms in total. The van der Waals surface area contributed by atoms with Crippen molar-refractivity contribution in [2.75, 3.05) is 19.8 Å². The molecule has 1 aliphatic heterocycles. The lowest BCUT2D eigenvalue weighted by atomic mass is 10.00. The Balaban J connectivity index is 1.39. The van der Waals surface area contributed by atoms with Crippen molar-refractivity contribution in [1.82, 2.24) is 16.2 Å². The summed E-state index contributed by atoms with van der Waals surface area (Å²) in [5.41, 5.74) is 6.75. The van der Waals surface area contributed by atoms with E-state index in [9.17, 15) is 9.59 Å². The average Bonchev–Trinajstić information content (AvgIpc) is 2.79. The second-order valence-electron chi connectivity index (χ2n) is 6.89. The maximum Gasteiger partial charge on any atom is 0.257 e. The minimum absolute atomic E-state index is 0.0311. The molecule has 0 aliphatic carbocycles. The van der Waals surface area contributed by atoms with Gasteiger partial charge < -0.3 is 9.47 Å². The van der Waals surface area contributed by atoms with Gasteiger partial charge in [-0.1, -0.05) is 30.3 Å². The number of ether oxygens (including phenoxy) is 2. The zero-order valence-corrected chi connectivity index (χ0v) is 17.4. The quantitative estimate of drug-likeness (QED) is 0.485. The zero-order chi connectivity index (χ0) is 21.2. The van der Waals surface area contributed by atoms with Gasteiger partial charge >= 0.3 is 0 Å².